The van der Waals surface area contributed by atoms with Crippen LogP contribution < -0.4 is 9.64 Å². The molecule has 2 heterocycles. The molecule has 6 heteroatoms. The second kappa shape index (κ2) is 8.79. The molecule has 0 N–H and O–H groups in total. The lowest BCUT2D eigenvalue weighted by Crippen LogP contribution is -2.37. The minimum absolute atomic E-state index is 0.106. The fraction of sp³-hybridized carbons (Fsp3) is 0.250. The van der Waals surface area contributed by atoms with E-state index in [2.05, 4.69) is 20.8 Å². The Kier molecular flexibility index (Phi) is 5.96. The lowest BCUT2D eigenvalue weighted by Gasteiger charge is -2.26. The molecular formula is C20H19N3O3. The van der Waals surface area contributed by atoms with Crippen LogP contribution in [0.15, 0.2) is 42.7 Å². The number of carbonyl (C=O) groups excluding carboxylic acids is 1. The summed E-state index contributed by atoms with van der Waals surface area (Å²) >= 11 is 0. The first-order chi connectivity index (χ1) is 12.8. The molecule has 3 rings (SSSR count). The molecule has 26 heavy (non-hydrogen) atoms. The van der Waals surface area contributed by atoms with E-state index in [1.54, 1.807) is 42.7 Å². The van der Waals surface area contributed by atoms with Gasteiger partial charge in [-0.2, -0.15) is 0 Å². The highest BCUT2D eigenvalue weighted by molar-refractivity contribution is 6.06. The first kappa shape index (κ1) is 17.6. The number of nitrogens with zero attached hydrogens (tertiary/aromatic N) is 3. The Balaban J connectivity index is 1.60. The number of anilines is 1. The number of hydrogen-bond acceptors (Lipinski definition) is 6. The van der Waals surface area contributed by atoms with Crippen molar-refractivity contribution in [3.8, 4) is 18.1 Å². The topological polar surface area (TPSA) is 64.5 Å². The van der Waals surface area contributed by atoms with Gasteiger partial charge in [-0.1, -0.05) is 5.92 Å². The lowest BCUT2D eigenvalue weighted by atomic mass is 10.1. The van der Waals surface area contributed by atoms with Crippen LogP contribution >= 0.6 is 0 Å². The highest BCUT2D eigenvalue weighted by atomic mass is 16.5. The maximum absolute atomic E-state index is 12.2. The predicted octanol–water partition coefficient (Wildman–Crippen LogP) is 2.22. The van der Waals surface area contributed by atoms with Gasteiger partial charge in [0.25, 0.3) is 0 Å². The first-order valence-electron chi connectivity index (χ1n) is 8.30. The zero-order chi connectivity index (χ0) is 18.2. The van der Waals surface area contributed by atoms with E-state index < -0.39 is 0 Å². The van der Waals surface area contributed by atoms with Crippen LogP contribution in [0.5, 0.6) is 5.75 Å². The Labute approximate surface area is 152 Å². The first-order valence-corrected chi connectivity index (χ1v) is 8.30. The highest BCUT2D eigenvalue weighted by Gasteiger charge is 2.13. The SMILES string of the molecule is C#CCOc1ccc(C(=O)/C=C\c2cnc(N3CCOCC3)nc2)cc1. The summed E-state index contributed by atoms with van der Waals surface area (Å²) in [5.74, 6) is 3.60. The third kappa shape index (κ3) is 4.68. The van der Waals surface area contributed by atoms with Crippen molar-refractivity contribution in [3.63, 3.8) is 0 Å². The summed E-state index contributed by atoms with van der Waals surface area (Å²) in [6, 6.07) is 6.85. The average molecular weight is 349 g/mol. The maximum Gasteiger partial charge on any atom is 0.225 e. The molecule has 0 bridgehead atoms. The van der Waals surface area contributed by atoms with Gasteiger partial charge in [-0.3, -0.25) is 4.79 Å². The lowest BCUT2D eigenvalue weighted by molar-refractivity contribution is 0.104. The third-order valence-corrected chi connectivity index (χ3v) is 3.84. The van der Waals surface area contributed by atoms with Crippen LogP contribution in [0.2, 0.25) is 0 Å². The van der Waals surface area contributed by atoms with Crippen LogP contribution in [0.1, 0.15) is 15.9 Å². The summed E-state index contributed by atoms with van der Waals surface area (Å²) < 4.78 is 10.6. The molecule has 2 aromatic rings. The zero-order valence-corrected chi connectivity index (χ0v) is 14.3. The minimum atomic E-state index is -0.106. The Bertz CT molecular complexity index is 802. The van der Waals surface area contributed by atoms with Gasteiger partial charge in [0.05, 0.1) is 13.2 Å². The Morgan fingerprint density at radius 3 is 2.58 bits per heavy atom. The second-order valence-corrected chi connectivity index (χ2v) is 5.63. The quantitative estimate of drug-likeness (QED) is 0.453. The van der Waals surface area contributed by atoms with E-state index in [1.165, 1.54) is 6.08 Å². The third-order valence-electron chi connectivity index (χ3n) is 3.84. The number of morpholine rings is 1. The fourth-order valence-electron chi connectivity index (χ4n) is 2.45. The van der Waals surface area contributed by atoms with Gasteiger partial charge in [-0.15, -0.1) is 6.42 Å². The van der Waals surface area contributed by atoms with Crippen molar-refractivity contribution < 1.29 is 14.3 Å². The molecule has 0 atom stereocenters. The summed E-state index contributed by atoms with van der Waals surface area (Å²) in [7, 11) is 0. The van der Waals surface area contributed by atoms with Crippen LogP contribution in [0.25, 0.3) is 6.08 Å². The van der Waals surface area contributed by atoms with Gasteiger partial charge in [0, 0.05) is 36.6 Å². The van der Waals surface area contributed by atoms with Gasteiger partial charge in [-0.05, 0) is 36.4 Å². The highest BCUT2D eigenvalue weighted by Crippen LogP contribution is 2.14. The van der Waals surface area contributed by atoms with Crippen molar-refractivity contribution in [1.82, 2.24) is 9.97 Å². The minimum Gasteiger partial charge on any atom is -0.481 e. The predicted molar refractivity (Wildman–Crippen MR) is 99.2 cm³/mol. The molecule has 1 aliphatic heterocycles. The zero-order valence-electron chi connectivity index (χ0n) is 14.3. The number of rotatable bonds is 6. The Morgan fingerprint density at radius 1 is 1.23 bits per heavy atom. The Hall–Kier alpha value is -3.17. The van der Waals surface area contributed by atoms with Crippen molar-refractivity contribution >= 4 is 17.8 Å². The Morgan fingerprint density at radius 2 is 1.92 bits per heavy atom. The van der Waals surface area contributed by atoms with Crippen molar-refractivity contribution in [2.75, 3.05) is 37.8 Å². The van der Waals surface area contributed by atoms with Crippen LogP contribution in [-0.2, 0) is 4.74 Å². The van der Waals surface area contributed by atoms with Crippen molar-refractivity contribution in [3.05, 3.63) is 53.9 Å². The molecule has 1 aromatic heterocycles. The number of aromatic nitrogens is 2. The second-order valence-electron chi connectivity index (χ2n) is 5.63. The number of benzene rings is 1. The summed E-state index contributed by atoms with van der Waals surface area (Å²) in [4.78, 5) is 23.0. The van der Waals surface area contributed by atoms with Crippen LogP contribution in [0.4, 0.5) is 5.95 Å². The smallest absolute Gasteiger partial charge is 0.225 e. The standard InChI is InChI=1S/C20H19N3O3/c1-2-11-26-18-6-4-17(5-7-18)19(24)8-3-16-14-21-20(22-15-16)23-9-12-25-13-10-23/h1,3-8,14-15H,9-13H2/b8-3-. The molecule has 1 fully saturated rings. The number of ketones is 1. The molecule has 0 unspecified atom stereocenters. The van der Waals surface area contributed by atoms with E-state index in [4.69, 9.17) is 15.9 Å². The van der Waals surface area contributed by atoms with E-state index in [0.29, 0.717) is 30.5 Å². The fourth-order valence-corrected chi connectivity index (χ4v) is 2.45. The van der Waals surface area contributed by atoms with Gasteiger partial charge < -0.3 is 14.4 Å². The summed E-state index contributed by atoms with van der Waals surface area (Å²) in [6.07, 6.45) is 11.8. The summed E-state index contributed by atoms with van der Waals surface area (Å²) in [6.45, 7) is 3.15. The summed E-state index contributed by atoms with van der Waals surface area (Å²) in [5.41, 5.74) is 1.34. The molecule has 1 aliphatic rings. The average Bonchev–Trinajstić information content (AvgIpc) is 2.72. The number of allylic oxidation sites excluding steroid dienone is 1. The molecule has 1 aromatic carbocycles. The van der Waals surface area contributed by atoms with Crippen molar-refractivity contribution in [2.24, 2.45) is 0 Å². The number of hydrogen-bond donors (Lipinski definition) is 0. The van der Waals surface area contributed by atoms with Gasteiger partial charge in [0.1, 0.15) is 12.4 Å². The number of carbonyl (C=O) groups is 1. The monoisotopic (exact) mass is 349 g/mol. The molecular weight excluding hydrogens is 330 g/mol. The van der Waals surface area contributed by atoms with E-state index in [1.807, 2.05) is 0 Å². The van der Waals surface area contributed by atoms with E-state index in [0.717, 1.165) is 18.7 Å². The normalized spacial score (nSPS) is 14.2. The molecule has 0 aliphatic carbocycles. The van der Waals surface area contributed by atoms with Gasteiger partial charge in [0.2, 0.25) is 5.95 Å². The molecule has 0 saturated carbocycles. The molecule has 6 nitrogen and oxygen atoms in total. The van der Waals surface area contributed by atoms with Crippen LogP contribution in [0, 0.1) is 12.3 Å². The molecule has 0 spiro atoms. The van der Waals surface area contributed by atoms with E-state index >= 15 is 0 Å². The van der Waals surface area contributed by atoms with E-state index in [-0.39, 0.29) is 12.4 Å². The molecule has 0 radical (unpaired) electrons. The molecule has 132 valence electrons. The number of terminal acetylenes is 1. The maximum atomic E-state index is 12.2. The van der Waals surface area contributed by atoms with E-state index in [9.17, 15) is 4.79 Å². The van der Waals surface area contributed by atoms with Crippen molar-refractivity contribution in [2.45, 2.75) is 0 Å². The molecule has 1 saturated heterocycles. The van der Waals surface area contributed by atoms with Gasteiger partial charge >= 0.3 is 0 Å². The van der Waals surface area contributed by atoms with Crippen molar-refractivity contribution in [1.29, 1.82) is 0 Å². The van der Waals surface area contributed by atoms with Crippen LogP contribution in [-0.4, -0.2) is 48.7 Å². The largest absolute Gasteiger partial charge is 0.481 e. The molecule has 0 amide bonds. The van der Waals surface area contributed by atoms with Gasteiger partial charge in [0.15, 0.2) is 5.78 Å². The van der Waals surface area contributed by atoms with Crippen LogP contribution in [0.3, 0.4) is 0 Å². The number of ether oxygens (including phenoxy) is 2. The van der Waals surface area contributed by atoms with Gasteiger partial charge in [-0.25, -0.2) is 9.97 Å². The summed E-state index contributed by atoms with van der Waals surface area (Å²) in [5, 5.41) is 0.